The molecule has 13 heteroatoms. The molecule has 2 amide bonds. The number of nitrogens with one attached hydrogen (secondary N) is 1. The molecular weight excluding hydrogens is 413 g/mol. The van der Waals surface area contributed by atoms with E-state index in [4.69, 9.17) is 14.2 Å². The number of benzene rings is 1. The number of nitrogens with zero attached hydrogens (tertiary/aromatic N) is 3. The second-order valence-corrected chi connectivity index (χ2v) is 5.72. The Morgan fingerprint density at radius 3 is 2.40 bits per heavy atom. The molecule has 1 aromatic carbocycles. The number of rotatable bonds is 6. The maximum atomic E-state index is 13.5. The number of hydrogen-bond donors (Lipinski definition) is 1. The largest absolute Gasteiger partial charge is 0.481 e. The Balaban J connectivity index is 2.02. The predicted molar refractivity (Wildman–Crippen MR) is 92.2 cm³/mol. The van der Waals surface area contributed by atoms with Gasteiger partial charge in [0.25, 0.3) is 5.91 Å². The highest BCUT2D eigenvalue weighted by atomic mass is 19.4. The fourth-order valence-electron chi connectivity index (χ4n) is 2.50. The number of carbonyl (C=O) groups excluding carboxylic acids is 2. The van der Waals surface area contributed by atoms with Gasteiger partial charge in [0.05, 0.1) is 38.0 Å². The van der Waals surface area contributed by atoms with Gasteiger partial charge in [-0.05, 0) is 12.1 Å². The molecule has 0 aliphatic carbocycles. The zero-order chi connectivity index (χ0) is 21.9. The van der Waals surface area contributed by atoms with Crippen LogP contribution in [0.1, 0.15) is 15.9 Å². The van der Waals surface area contributed by atoms with Crippen molar-refractivity contribution >= 4 is 12.0 Å². The second-order valence-electron chi connectivity index (χ2n) is 5.72. The number of methoxy groups -OCH3 is 2. The Hall–Kier alpha value is -3.77. The van der Waals surface area contributed by atoms with Gasteiger partial charge in [-0.1, -0.05) is 6.07 Å². The topological polar surface area (TPSA) is 112 Å². The highest BCUT2D eigenvalue weighted by molar-refractivity contribution is 5.99. The molecule has 2 aromatic rings. The van der Waals surface area contributed by atoms with Gasteiger partial charge in [0.2, 0.25) is 11.8 Å². The Morgan fingerprint density at radius 1 is 1.20 bits per heavy atom. The SMILES string of the molecule is COc1cc(OC)nc(Oc2cccc(C(F)(F)F)c2C(=O)NN2CCOC2=O)n1. The molecule has 1 fully saturated rings. The Kier molecular flexibility index (Phi) is 5.80. The van der Waals surface area contributed by atoms with Gasteiger partial charge in [-0.15, -0.1) is 0 Å². The van der Waals surface area contributed by atoms with E-state index in [1.165, 1.54) is 20.3 Å². The Bertz CT molecular complexity index is 947. The number of halogens is 3. The molecule has 0 saturated carbocycles. The van der Waals surface area contributed by atoms with Gasteiger partial charge in [0, 0.05) is 0 Å². The lowest BCUT2D eigenvalue weighted by atomic mass is 10.1. The smallest absolute Gasteiger partial charge is 0.428 e. The first-order valence-electron chi connectivity index (χ1n) is 8.33. The van der Waals surface area contributed by atoms with Gasteiger partial charge in [0.15, 0.2) is 0 Å². The third-order valence-corrected chi connectivity index (χ3v) is 3.83. The lowest BCUT2D eigenvalue weighted by Gasteiger charge is -2.19. The molecule has 1 saturated heterocycles. The van der Waals surface area contributed by atoms with E-state index >= 15 is 0 Å². The van der Waals surface area contributed by atoms with Crippen LogP contribution in [0.25, 0.3) is 0 Å². The number of hydrogen-bond acceptors (Lipinski definition) is 8. The Morgan fingerprint density at radius 2 is 1.87 bits per heavy atom. The molecular formula is C17H15F3N4O6. The zero-order valence-electron chi connectivity index (χ0n) is 15.6. The summed E-state index contributed by atoms with van der Waals surface area (Å²) in [4.78, 5) is 31.9. The van der Waals surface area contributed by atoms with Crippen LogP contribution in [0, 0.1) is 0 Å². The molecule has 160 valence electrons. The minimum atomic E-state index is -4.88. The van der Waals surface area contributed by atoms with Crippen molar-refractivity contribution in [2.45, 2.75) is 6.18 Å². The number of alkyl halides is 3. The number of cyclic esters (lactones) is 1. The Labute approximate surface area is 167 Å². The van der Waals surface area contributed by atoms with Crippen molar-refractivity contribution in [1.82, 2.24) is 20.4 Å². The number of hydrazine groups is 1. The lowest BCUT2D eigenvalue weighted by molar-refractivity contribution is -0.138. The average molecular weight is 428 g/mol. The van der Waals surface area contributed by atoms with Gasteiger partial charge < -0.3 is 18.9 Å². The first kappa shape index (κ1) is 21.0. The number of ether oxygens (including phenoxy) is 4. The van der Waals surface area contributed by atoms with Gasteiger partial charge in [0.1, 0.15) is 12.4 Å². The molecule has 0 atom stereocenters. The minimum Gasteiger partial charge on any atom is -0.481 e. The number of amides is 2. The third kappa shape index (κ3) is 4.45. The normalized spacial score (nSPS) is 13.6. The van der Waals surface area contributed by atoms with E-state index < -0.39 is 41.1 Å². The van der Waals surface area contributed by atoms with E-state index in [0.717, 1.165) is 17.1 Å². The lowest BCUT2D eigenvalue weighted by Crippen LogP contribution is -2.43. The molecule has 1 N–H and O–H groups in total. The molecule has 30 heavy (non-hydrogen) atoms. The van der Waals surface area contributed by atoms with Crippen LogP contribution in [0.5, 0.6) is 23.5 Å². The molecule has 1 aromatic heterocycles. The van der Waals surface area contributed by atoms with E-state index in [2.05, 4.69) is 20.1 Å². The molecule has 1 aliphatic heterocycles. The second kappa shape index (κ2) is 8.31. The molecule has 1 aliphatic rings. The van der Waals surface area contributed by atoms with Crippen LogP contribution >= 0.6 is 0 Å². The van der Waals surface area contributed by atoms with E-state index in [-0.39, 0.29) is 24.9 Å². The highest BCUT2D eigenvalue weighted by Crippen LogP contribution is 2.37. The summed E-state index contributed by atoms with van der Waals surface area (Å²) in [5, 5.41) is 0.754. The van der Waals surface area contributed by atoms with Crippen molar-refractivity contribution in [2.75, 3.05) is 27.4 Å². The van der Waals surface area contributed by atoms with E-state index in [0.29, 0.717) is 6.07 Å². The molecule has 3 rings (SSSR count). The van der Waals surface area contributed by atoms with Gasteiger partial charge in [-0.2, -0.15) is 23.1 Å². The van der Waals surface area contributed by atoms with Crippen molar-refractivity contribution in [3.05, 3.63) is 35.4 Å². The van der Waals surface area contributed by atoms with E-state index in [1.807, 2.05) is 0 Å². The van der Waals surface area contributed by atoms with Crippen molar-refractivity contribution < 1.29 is 41.7 Å². The fraction of sp³-hybridized carbons (Fsp3) is 0.294. The molecule has 0 spiro atoms. The number of aromatic nitrogens is 2. The number of carbonyl (C=O) groups is 2. The van der Waals surface area contributed by atoms with Gasteiger partial charge in [-0.3, -0.25) is 10.2 Å². The van der Waals surface area contributed by atoms with E-state index in [9.17, 15) is 22.8 Å². The van der Waals surface area contributed by atoms with E-state index in [1.54, 1.807) is 0 Å². The summed E-state index contributed by atoms with van der Waals surface area (Å²) in [6, 6.07) is 3.79. The van der Waals surface area contributed by atoms with Gasteiger partial charge in [-0.25, -0.2) is 9.80 Å². The minimum absolute atomic E-state index is 0.0131. The standard InChI is InChI=1S/C17H15F3N4O6/c1-27-11-8-12(28-2)22-15(21-11)30-10-5-3-4-9(17(18,19)20)13(10)14(25)23-24-6-7-29-16(24)26/h3-5,8H,6-7H2,1-2H3,(H,23,25). The third-order valence-electron chi connectivity index (χ3n) is 3.83. The molecule has 2 heterocycles. The first-order chi connectivity index (χ1) is 14.2. The maximum absolute atomic E-state index is 13.5. The van der Waals surface area contributed by atoms with Crippen LogP contribution in [0.15, 0.2) is 24.3 Å². The van der Waals surface area contributed by atoms with Crippen LogP contribution in [-0.4, -0.2) is 54.3 Å². The monoisotopic (exact) mass is 428 g/mol. The van der Waals surface area contributed by atoms with Crippen molar-refractivity contribution in [2.24, 2.45) is 0 Å². The summed E-state index contributed by atoms with van der Waals surface area (Å²) in [6.07, 6.45) is -5.78. The zero-order valence-corrected chi connectivity index (χ0v) is 15.6. The summed E-state index contributed by atoms with van der Waals surface area (Å²) >= 11 is 0. The van der Waals surface area contributed by atoms with Crippen LogP contribution in [-0.2, 0) is 10.9 Å². The van der Waals surface area contributed by atoms with Crippen molar-refractivity contribution in [1.29, 1.82) is 0 Å². The molecule has 0 bridgehead atoms. The average Bonchev–Trinajstić information content (AvgIpc) is 3.11. The fourth-order valence-corrected chi connectivity index (χ4v) is 2.50. The summed E-state index contributed by atoms with van der Waals surface area (Å²) in [6.45, 7) is -0.0357. The maximum Gasteiger partial charge on any atom is 0.428 e. The summed E-state index contributed by atoms with van der Waals surface area (Å²) in [5.74, 6) is -1.68. The van der Waals surface area contributed by atoms with Crippen molar-refractivity contribution in [3.63, 3.8) is 0 Å². The predicted octanol–water partition coefficient (Wildman–Crippen LogP) is 2.40. The van der Waals surface area contributed by atoms with Crippen LogP contribution < -0.4 is 19.6 Å². The molecule has 0 radical (unpaired) electrons. The quantitative estimate of drug-likeness (QED) is 0.747. The molecule has 10 nitrogen and oxygen atoms in total. The summed E-state index contributed by atoms with van der Waals surface area (Å²) in [7, 11) is 2.62. The summed E-state index contributed by atoms with van der Waals surface area (Å²) < 4.78 is 60.6. The van der Waals surface area contributed by atoms with Crippen LogP contribution in [0.2, 0.25) is 0 Å². The van der Waals surface area contributed by atoms with Crippen molar-refractivity contribution in [3.8, 4) is 23.5 Å². The summed E-state index contributed by atoms with van der Waals surface area (Å²) in [5.41, 5.74) is -0.0651. The van der Waals surface area contributed by atoms with Crippen LogP contribution in [0.4, 0.5) is 18.0 Å². The highest BCUT2D eigenvalue weighted by Gasteiger charge is 2.38. The molecule has 0 unspecified atom stereocenters. The van der Waals surface area contributed by atoms with Crippen LogP contribution in [0.3, 0.4) is 0 Å². The van der Waals surface area contributed by atoms with Gasteiger partial charge >= 0.3 is 18.3 Å². The first-order valence-corrected chi connectivity index (χ1v) is 8.33.